The van der Waals surface area contributed by atoms with Crippen LogP contribution in [0.2, 0.25) is 0 Å². The standard InChI is InChI=1S/C32H47FN4O6/c1-8-12-24(26(38)29(40)34-19(4)20-13-10-9-11-14-20)35-28(39)25-21-15-16-23(33)22(21)17-37(25)30(41)27(32(5,6)7)36-31(42)43-18(2)3/h9-11,13-14,18-19,21-25,27H,8,12,15-17H2,1-7H3,(H,34,40)(H,35,39)(H,36,42)/t19-,21-,22-,23-,24+,25-,27+/m0/s1. The Labute approximate surface area is 253 Å². The molecule has 1 saturated carbocycles. The number of amides is 4. The van der Waals surface area contributed by atoms with E-state index in [9.17, 15) is 28.4 Å². The lowest BCUT2D eigenvalue weighted by atomic mass is 9.85. The first-order valence-corrected chi connectivity index (χ1v) is 15.3. The lowest BCUT2D eigenvalue weighted by Gasteiger charge is -2.36. The Bertz CT molecular complexity index is 1170. The molecule has 1 aromatic carbocycles. The van der Waals surface area contributed by atoms with Gasteiger partial charge < -0.3 is 25.6 Å². The van der Waals surface area contributed by atoms with Crippen molar-refractivity contribution in [1.82, 2.24) is 20.9 Å². The number of hydrogen-bond acceptors (Lipinski definition) is 6. The molecule has 2 fully saturated rings. The Hall–Kier alpha value is -3.50. The lowest BCUT2D eigenvalue weighted by molar-refractivity contribution is -0.144. The molecule has 3 rings (SSSR count). The molecule has 7 atom stereocenters. The van der Waals surface area contributed by atoms with Gasteiger partial charge in [0.25, 0.3) is 5.91 Å². The van der Waals surface area contributed by atoms with Crippen molar-refractivity contribution in [3.8, 4) is 0 Å². The summed E-state index contributed by atoms with van der Waals surface area (Å²) in [6.07, 6.45) is -0.949. The van der Waals surface area contributed by atoms with Crippen molar-refractivity contribution in [2.24, 2.45) is 17.3 Å². The molecular weight excluding hydrogens is 555 g/mol. The molecule has 0 spiro atoms. The maximum Gasteiger partial charge on any atom is 0.408 e. The zero-order chi connectivity index (χ0) is 32.1. The van der Waals surface area contributed by atoms with Crippen molar-refractivity contribution in [1.29, 1.82) is 0 Å². The highest BCUT2D eigenvalue weighted by molar-refractivity contribution is 6.38. The Balaban J connectivity index is 1.82. The molecule has 0 radical (unpaired) electrons. The molecule has 11 heteroatoms. The van der Waals surface area contributed by atoms with Crippen LogP contribution in [0.1, 0.15) is 85.8 Å². The van der Waals surface area contributed by atoms with Gasteiger partial charge in [-0.3, -0.25) is 19.2 Å². The zero-order valence-corrected chi connectivity index (χ0v) is 26.3. The molecule has 4 amide bonds. The zero-order valence-electron chi connectivity index (χ0n) is 26.3. The van der Waals surface area contributed by atoms with E-state index in [4.69, 9.17) is 4.74 Å². The first kappa shape index (κ1) is 34.0. The summed E-state index contributed by atoms with van der Waals surface area (Å²) in [4.78, 5) is 67.9. The van der Waals surface area contributed by atoms with Crippen LogP contribution in [-0.2, 0) is 23.9 Å². The van der Waals surface area contributed by atoms with Gasteiger partial charge in [-0.1, -0.05) is 64.4 Å². The van der Waals surface area contributed by atoms with Gasteiger partial charge in [-0.25, -0.2) is 9.18 Å². The molecule has 3 N–H and O–H groups in total. The fourth-order valence-corrected chi connectivity index (χ4v) is 6.07. The summed E-state index contributed by atoms with van der Waals surface area (Å²) in [6.45, 7) is 12.3. The summed E-state index contributed by atoms with van der Waals surface area (Å²) in [5.41, 5.74) is 0.0713. The average Bonchev–Trinajstić information content (AvgIpc) is 3.49. The number of likely N-dealkylation sites (tertiary alicyclic amines) is 1. The van der Waals surface area contributed by atoms with E-state index in [-0.39, 0.29) is 19.4 Å². The molecule has 1 aromatic rings. The predicted octanol–water partition coefficient (Wildman–Crippen LogP) is 3.84. The number of ether oxygens (including phenoxy) is 1. The van der Waals surface area contributed by atoms with Crippen molar-refractivity contribution < 1.29 is 33.1 Å². The Morgan fingerprint density at radius 2 is 1.63 bits per heavy atom. The maximum atomic E-state index is 15.0. The number of nitrogens with one attached hydrogen (secondary N) is 3. The summed E-state index contributed by atoms with van der Waals surface area (Å²) in [5, 5.41) is 8.08. The van der Waals surface area contributed by atoms with E-state index in [0.29, 0.717) is 12.8 Å². The second-order valence-electron chi connectivity index (χ2n) is 13.1. The number of Topliss-reactive ketones (excluding diaryl/α,β-unsaturated/α-hetero) is 1. The smallest absolute Gasteiger partial charge is 0.408 e. The molecule has 43 heavy (non-hydrogen) atoms. The van der Waals surface area contributed by atoms with E-state index >= 15 is 0 Å². The molecule has 0 aromatic heterocycles. The quantitative estimate of drug-likeness (QED) is 0.330. The van der Waals surface area contributed by atoms with Crippen LogP contribution in [0, 0.1) is 17.3 Å². The minimum absolute atomic E-state index is 0.0116. The van der Waals surface area contributed by atoms with Gasteiger partial charge in [0, 0.05) is 12.5 Å². The van der Waals surface area contributed by atoms with E-state index in [1.165, 1.54) is 4.90 Å². The number of carbonyl (C=O) groups is 5. The Morgan fingerprint density at radius 1 is 0.977 bits per heavy atom. The molecule has 1 aliphatic carbocycles. The number of hydrogen-bond donors (Lipinski definition) is 3. The summed E-state index contributed by atoms with van der Waals surface area (Å²) in [7, 11) is 0. The Morgan fingerprint density at radius 3 is 2.21 bits per heavy atom. The van der Waals surface area contributed by atoms with Crippen LogP contribution in [0.3, 0.4) is 0 Å². The number of rotatable bonds is 11. The number of benzene rings is 1. The monoisotopic (exact) mass is 602 g/mol. The van der Waals surface area contributed by atoms with Crippen LogP contribution in [0.15, 0.2) is 30.3 Å². The summed E-state index contributed by atoms with van der Waals surface area (Å²) in [6, 6.07) is 5.55. The fourth-order valence-electron chi connectivity index (χ4n) is 6.07. The molecule has 1 heterocycles. The van der Waals surface area contributed by atoms with E-state index in [1.54, 1.807) is 41.5 Å². The van der Waals surface area contributed by atoms with E-state index in [0.717, 1.165) is 5.56 Å². The van der Waals surface area contributed by atoms with E-state index in [1.807, 2.05) is 37.3 Å². The number of halogens is 1. The van der Waals surface area contributed by atoms with Crippen molar-refractivity contribution in [3.63, 3.8) is 0 Å². The molecule has 0 bridgehead atoms. The van der Waals surface area contributed by atoms with E-state index < -0.39 is 83.3 Å². The molecule has 1 saturated heterocycles. The van der Waals surface area contributed by atoms with Crippen molar-refractivity contribution >= 4 is 29.6 Å². The first-order chi connectivity index (χ1) is 20.1. The van der Waals surface area contributed by atoms with Crippen LogP contribution < -0.4 is 16.0 Å². The SMILES string of the molecule is CCC[C@@H](NC(=O)[C@@H]1[C@H]2CC[C@H](F)[C@H]2CN1C(=O)[C@@H](NC(=O)OC(C)C)C(C)(C)C)C(=O)C(=O)N[C@@H](C)c1ccccc1. The highest BCUT2D eigenvalue weighted by Crippen LogP contribution is 2.44. The average molecular weight is 603 g/mol. The molecule has 10 nitrogen and oxygen atoms in total. The second-order valence-corrected chi connectivity index (χ2v) is 13.1. The van der Waals surface area contributed by atoms with Crippen LogP contribution in [0.25, 0.3) is 0 Å². The van der Waals surface area contributed by atoms with Gasteiger partial charge in [0.1, 0.15) is 18.3 Å². The Kier molecular flexibility index (Phi) is 11.3. The van der Waals surface area contributed by atoms with Crippen LogP contribution in [-0.4, -0.2) is 71.4 Å². The third kappa shape index (κ3) is 8.32. The van der Waals surface area contributed by atoms with E-state index in [2.05, 4.69) is 16.0 Å². The van der Waals surface area contributed by atoms with Crippen molar-refractivity contribution in [2.75, 3.05) is 6.54 Å². The minimum atomic E-state index is -1.18. The van der Waals surface area contributed by atoms with Crippen LogP contribution >= 0.6 is 0 Å². The molecular formula is C32H47FN4O6. The normalized spacial score (nSPS) is 23.6. The topological polar surface area (TPSA) is 134 Å². The van der Waals surface area contributed by atoms with Gasteiger partial charge >= 0.3 is 6.09 Å². The molecule has 0 unspecified atom stereocenters. The third-order valence-corrected chi connectivity index (χ3v) is 8.29. The highest BCUT2D eigenvalue weighted by atomic mass is 19.1. The van der Waals surface area contributed by atoms with Gasteiger partial charge in [-0.05, 0) is 56.9 Å². The van der Waals surface area contributed by atoms with Crippen molar-refractivity contribution in [2.45, 2.75) is 111 Å². The summed E-state index contributed by atoms with van der Waals surface area (Å²) in [5.74, 6) is -3.74. The second kappa shape index (κ2) is 14.3. The fraction of sp³-hybridized carbons (Fsp3) is 0.656. The van der Waals surface area contributed by atoms with Crippen LogP contribution in [0.5, 0.6) is 0 Å². The third-order valence-electron chi connectivity index (χ3n) is 8.29. The first-order valence-electron chi connectivity index (χ1n) is 15.3. The number of alkyl carbamates (subject to hydrolysis) is 1. The van der Waals surface area contributed by atoms with Crippen LogP contribution in [0.4, 0.5) is 9.18 Å². The minimum Gasteiger partial charge on any atom is -0.447 e. The molecule has 2 aliphatic rings. The predicted molar refractivity (Wildman–Crippen MR) is 159 cm³/mol. The number of fused-ring (bicyclic) bond motifs is 1. The van der Waals surface area contributed by atoms with Gasteiger partial charge in [0.15, 0.2) is 0 Å². The number of carbonyl (C=O) groups excluding carboxylic acids is 5. The number of nitrogens with zero attached hydrogens (tertiary/aromatic N) is 1. The summed E-state index contributed by atoms with van der Waals surface area (Å²) < 4.78 is 20.2. The summed E-state index contributed by atoms with van der Waals surface area (Å²) >= 11 is 0. The number of ketones is 1. The lowest BCUT2D eigenvalue weighted by Crippen LogP contribution is -2.60. The van der Waals surface area contributed by atoms with Gasteiger partial charge in [-0.2, -0.15) is 0 Å². The molecule has 1 aliphatic heterocycles. The largest absolute Gasteiger partial charge is 0.447 e. The van der Waals surface area contributed by atoms with Gasteiger partial charge in [-0.15, -0.1) is 0 Å². The highest BCUT2D eigenvalue weighted by Gasteiger charge is 2.55. The van der Waals surface area contributed by atoms with Crippen molar-refractivity contribution in [3.05, 3.63) is 35.9 Å². The van der Waals surface area contributed by atoms with Gasteiger partial charge in [0.05, 0.1) is 18.2 Å². The molecule has 238 valence electrons. The maximum absolute atomic E-state index is 15.0. The number of alkyl halides is 1. The van der Waals surface area contributed by atoms with Gasteiger partial charge in [0.2, 0.25) is 17.6 Å².